The third-order valence-electron chi connectivity index (χ3n) is 4.09. The van der Waals surface area contributed by atoms with Gasteiger partial charge in [0.25, 0.3) is 0 Å². The van der Waals surface area contributed by atoms with Gasteiger partial charge in [-0.1, -0.05) is 24.3 Å². The van der Waals surface area contributed by atoms with Crippen molar-refractivity contribution >= 4 is 28.9 Å². The molecule has 2 aromatic rings. The molecular formula is C18H20N2O3S. The van der Waals surface area contributed by atoms with Gasteiger partial charge in [-0.05, 0) is 36.4 Å². The maximum Gasteiger partial charge on any atom is 0.396 e. The highest BCUT2D eigenvalue weighted by molar-refractivity contribution is 7.10. The van der Waals surface area contributed by atoms with Gasteiger partial charge in [0.15, 0.2) is 0 Å². The van der Waals surface area contributed by atoms with Gasteiger partial charge in [0, 0.05) is 23.7 Å². The number of hydrogen-bond donors (Lipinski definition) is 1. The van der Waals surface area contributed by atoms with Crippen LogP contribution in [0.1, 0.15) is 23.4 Å². The van der Waals surface area contributed by atoms with Crippen LogP contribution >= 0.6 is 11.3 Å². The lowest BCUT2D eigenvalue weighted by Gasteiger charge is -2.30. The Morgan fingerprint density at radius 1 is 1.29 bits per heavy atom. The molecule has 1 aliphatic heterocycles. The summed E-state index contributed by atoms with van der Waals surface area (Å²) in [5.74, 6) is -1.52. The summed E-state index contributed by atoms with van der Waals surface area (Å²) in [6, 6.07) is 12.4. The SMILES string of the molecule is CCOC(=O)C(=O)NC[C@@H](c1cccs1)N1CCc2ccccc21. The topological polar surface area (TPSA) is 58.6 Å². The largest absolute Gasteiger partial charge is 0.459 e. The molecule has 0 radical (unpaired) electrons. The number of fused-ring (bicyclic) bond motifs is 1. The molecule has 0 aliphatic carbocycles. The second-order valence-electron chi connectivity index (χ2n) is 5.53. The average Bonchev–Trinajstić information content (AvgIpc) is 3.25. The molecule has 3 rings (SSSR count). The van der Waals surface area contributed by atoms with Gasteiger partial charge in [-0.25, -0.2) is 4.79 Å². The monoisotopic (exact) mass is 344 g/mol. The van der Waals surface area contributed by atoms with Crippen LogP contribution in [0, 0.1) is 0 Å². The number of ether oxygens (including phenoxy) is 1. The van der Waals surface area contributed by atoms with E-state index >= 15 is 0 Å². The number of rotatable bonds is 5. The lowest BCUT2D eigenvalue weighted by molar-refractivity contribution is -0.154. The maximum absolute atomic E-state index is 11.9. The Morgan fingerprint density at radius 2 is 2.12 bits per heavy atom. The number of para-hydroxylation sites is 1. The van der Waals surface area contributed by atoms with E-state index in [2.05, 4.69) is 28.4 Å². The van der Waals surface area contributed by atoms with Crippen LogP contribution in [0.25, 0.3) is 0 Å². The van der Waals surface area contributed by atoms with Crippen molar-refractivity contribution < 1.29 is 14.3 Å². The van der Waals surface area contributed by atoms with Crippen LogP contribution in [0.15, 0.2) is 41.8 Å². The van der Waals surface area contributed by atoms with Crippen LogP contribution in [-0.4, -0.2) is 31.6 Å². The first kappa shape index (κ1) is 16.5. The molecule has 1 aromatic carbocycles. The minimum absolute atomic E-state index is 0.00651. The Labute approximate surface area is 145 Å². The third-order valence-corrected chi connectivity index (χ3v) is 5.06. The molecule has 0 bridgehead atoms. The standard InChI is InChI=1S/C18H20N2O3S/c1-2-23-18(22)17(21)19-12-15(16-8-5-11-24-16)20-10-9-13-6-3-4-7-14(13)20/h3-8,11,15H,2,9-10,12H2,1H3,(H,19,21)/t15-/m0/s1. The molecular weight excluding hydrogens is 324 g/mol. The predicted molar refractivity (Wildman–Crippen MR) is 94.2 cm³/mol. The van der Waals surface area contributed by atoms with Crippen LogP contribution in [0.4, 0.5) is 5.69 Å². The van der Waals surface area contributed by atoms with Crippen LogP contribution in [0.3, 0.4) is 0 Å². The second kappa shape index (κ2) is 7.49. The summed E-state index contributed by atoms with van der Waals surface area (Å²) in [5.41, 5.74) is 2.51. The molecule has 24 heavy (non-hydrogen) atoms. The molecule has 2 heterocycles. The average molecular weight is 344 g/mol. The van der Waals surface area contributed by atoms with E-state index in [0.29, 0.717) is 6.54 Å². The molecule has 0 unspecified atom stereocenters. The van der Waals surface area contributed by atoms with Crippen LogP contribution in [-0.2, 0) is 20.7 Å². The minimum Gasteiger partial charge on any atom is -0.459 e. The number of thiophene rings is 1. The molecule has 0 saturated heterocycles. The maximum atomic E-state index is 11.9. The zero-order valence-electron chi connectivity index (χ0n) is 13.5. The summed E-state index contributed by atoms with van der Waals surface area (Å²) in [7, 11) is 0. The van der Waals surface area contributed by atoms with Gasteiger partial charge in [0.2, 0.25) is 0 Å². The smallest absolute Gasteiger partial charge is 0.396 e. The summed E-state index contributed by atoms with van der Waals surface area (Å²) in [4.78, 5) is 26.8. The Kier molecular flexibility index (Phi) is 5.15. The van der Waals surface area contributed by atoms with Crippen molar-refractivity contribution in [1.29, 1.82) is 0 Å². The number of carbonyl (C=O) groups excluding carboxylic acids is 2. The second-order valence-corrected chi connectivity index (χ2v) is 6.51. The number of carbonyl (C=O) groups is 2. The van der Waals surface area contributed by atoms with Gasteiger partial charge in [0.1, 0.15) is 0 Å². The predicted octanol–water partition coefficient (Wildman–Crippen LogP) is 2.53. The van der Waals surface area contributed by atoms with Crippen molar-refractivity contribution in [3.05, 3.63) is 52.2 Å². The van der Waals surface area contributed by atoms with Crippen molar-refractivity contribution in [1.82, 2.24) is 5.32 Å². The Bertz CT molecular complexity index is 715. The van der Waals surface area contributed by atoms with Gasteiger partial charge >= 0.3 is 11.9 Å². The normalized spacial score (nSPS) is 14.1. The van der Waals surface area contributed by atoms with Crippen molar-refractivity contribution in [2.75, 3.05) is 24.6 Å². The molecule has 1 amide bonds. The number of esters is 1. The van der Waals surface area contributed by atoms with Gasteiger partial charge in [-0.3, -0.25) is 4.79 Å². The molecule has 0 spiro atoms. The van der Waals surface area contributed by atoms with Crippen LogP contribution in [0.2, 0.25) is 0 Å². The molecule has 0 saturated carbocycles. The number of amides is 1. The summed E-state index contributed by atoms with van der Waals surface area (Å²) < 4.78 is 4.75. The van der Waals surface area contributed by atoms with Gasteiger partial charge in [0.05, 0.1) is 12.6 Å². The fourth-order valence-corrected chi connectivity index (χ4v) is 3.83. The van der Waals surface area contributed by atoms with Gasteiger partial charge < -0.3 is 15.0 Å². The van der Waals surface area contributed by atoms with Crippen molar-refractivity contribution in [2.45, 2.75) is 19.4 Å². The first-order valence-electron chi connectivity index (χ1n) is 8.03. The molecule has 6 heteroatoms. The molecule has 0 fully saturated rings. The third kappa shape index (κ3) is 3.43. The zero-order chi connectivity index (χ0) is 16.9. The van der Waals surface area contributed by atoms with E-state index in [4.69, 9.17) is 4.74 Å². The summed E-state index contributed by atoms with van der Waals surface area (Å²) in [5, 5.41) is 4.74. The lowest BCUT2D eigenvalue weighted by atomic mass is 10.1. The van der Waals surface area contributed by atoms with E-state index in [0.717, 1.165) is 17.8 Å². The lowest BCUT2D eigenvalue weighted by Crippen LogP contribution is -2.40. The zero-order valence-corrected chi connectivity index (χ0v) is 14.3. The Hall–Kier alpha value is -2.34. The summed E-state index contributed by atoms with van der Waals surface area (Å²) in [6.07, 6.45) is 0.990. The van der Waals surface area contributed by atoms with E-state index in [-0.39, 0.29) is 12.6 Å². The molecule has 1 N–H and O–H groups in total. The fourth-order valence-electron chi connectivity index (χ4n) is 2.99. The van der Waals surface area contributed by atoms with E-state index in [1.54, 1.807) is 18.3 Å². The summed E-state index contributed by atoms with van der Waals surface area (Å²) >= 11 is 1.65. The minimum atomic E-state index is -0.829. The van der Waals surface area contributed by atoms with E-state index < -0.39 is 11.9 Å². The Morgan fingerprint density at radius 3 is 2.88 bits per heavy atom. The van der Waals surface area contributed by atoms with Crippen LogP contribution in [0.5, 0.6) is 0 Å². The number of nitrogens with zero attached hydrogens (tertiary/aromatic N) is 1. The number of benzene rings is 1. The number of hydrogen-bond acceptors (Lipinski definition) is 5. The molecule has 1 aromatic heterocycles. The van der Waals surface area contributed by atoms with E-state index in [9.17, 15) is 9.59 Å². The molecule has 1 atom stereocenters. The molecule has 126 valence electrons. The van der Waals surface area contributed by atoms with E-state index in [1.807, 2.05) is 23.6 Å². The van der Waals surface area contributed by atoms with Crippen molar-refractivity contribution in [3.63, 3.8) is 0 Å². The van der Waals surface area contributed by atoms with Crippen LogP contribution < -0.4 is 10.2 Å². The van der Waals surface area contributed by atoms with Crippen molar-refractivity contribution in [2.24, 2.45) is 0 Å². The molecule has 5 nitrogen and oxygen atoms in total. The number of anilines is 1. The fraction of sp³-hybridized carbons (Fsp3) is 0.333. The highest BCUT2D eigenvalue weighted by atomic mass is 32.1. The molecule has 1 aliphatic rings. The quantitative estimate of drug-likeness (QED) is 0.669. The summed E-state index contributed by atoms with van der Waals surface area (Å²) in [6.45, 7) is 3.14. The van der Waals surface area contributed by atoms with Gasteiger partial charge in [-0.15, -0.1) is 11.3 Å². The first-order valence-corrected chi connectivity index (χ1v) is 8.91. The Balaban J connectivity index is 1.77. The van der Waals surface area contributed by atoms with E-state index in [1.165, 1.54) is 11.3 Å². The first-order chi connectivity index (χ1) is 11.7. The highest BCUT2D eigenvalue weighted by Crippen LogP contribution is 2.36. The number of nitrogens with one attached hydrogen (secondary N) is 1. The van der Waals surface area contributed by atoms with Gasteiger partial charge in [-0.2, -0.15) is 0 Å². The van der Waals surface area contributed by atoms with Crippen molar-refractivity contribution in [3.8, 4) is 0 Å². The highest BCUT2D eigenvalue weighted by Gasteiger charge is 2.28.